The van der Waals surface area contributed by atoms with Crippen LogP contribution in [0.25, 0.3) is 0 Å². The van der Waals surface area contributed by atoms with Gasteiger partial charge in [0.1, 0.15) is 0 Å². The summed E-state index contributed by atoms with van der Waals surface area (Å²) in [7, 11) is 0. The third-order valence-corrected chi connectivity index (χ3v) is 4.55. The summed E-state index contributed by atoms with van der Waals surface area (Å²) in [4.78, 5) is 14.5. The van der Waals surface area contributed by atoms with E-state index in [1.165, 1.54) is 5.69 Å². The van der Waals surface area contributed by atoms with Gasteiger partial charge < -0.3 is 10.6 Å². The summed E-state index contributed by atoms with van der Waals surface area (Å²) in [5, 5.41) is 10.9. The number of anilines is 1. The van der Waals surface area contributed by atoms with E-state index in [-0.39, 0.29) is 6.03 Å². The lowest BCUT2D eigenvalue weighted by atomic mass is 10.2. The van der Waals surface area contributed by atoms with Crippen molar-refractivity contribution in [2.24, 2.45) is 5.92 Å². The highest BCUT2D eigenvalue weighted by atomic mass is 35.5. The van der Waals surface area contributed by atoms with Crippen molar-refractivity contribution in [3.63, 3.8) is 0 Å². The molecule has 0 radical (unpaired) electrons. The molecule has 0 unspecified atom stereocenters. The lowest BCUT2D eigenvalue weighted by Gasteiger charge is -2.21. The molecule has 0 fully saturated rings. The van der Waals surface area contributed by atoms with Gasteiger partial charge in [-0.05, 0) is 42.7 Å². The van der Waals surface area contributed by atoms with Crippen LogP contribution in [0.15, 0.2) is 30.3 Å². The Hall–Kier alpha value is -2.05. The first-order valence-corrected chi connectivity index (χ1v) is 9.46. The molecule has 0 spiro atoms. The van der Waals surface area contributed by atoms with Gasteiger partial charge in [-0.25, -0.2) is 4.79 Å². The first kappa shape index (κ1) is 18.7. The molecule has 0 saturated heterocycles. The van der Waals surface area contributed by atoms with E-state index in [0.29, 0.717) is 23.2 Å². The Morgan fingerprint density at radius 3 is 2.77 bits per heavy atom. The molecular formula is C19H26ClN5O. The van der Waals surface area contributed by atoms with Gasteiger partial charge in [-0.2, -0.15) is 5.10 Å². The SMILES string of the molecule is CC(C)CN1CCCn2nc(CNC(=O)Nc3ccc(Cl)cc3)cc2C1. The van der Waals surface area contributed by atoms with Gasteiger partial charge in [0.05, 0.1) is 17.9 Å². The summed E-state index contributed by atoms with van der Waals surface area (Å²) >= 11 is 5.85. The van der Waals surface area contributed by atoms with E-state index < -0.39 is 0 Å². The van der Waals surface area contributed by atoms with Crippen LogP contribution in [-0.2, 0) is 19.6 Å². The maximum absolute atomic E-state index is 12.0. The molecule has 3 rings (SSSR count). The number of hydrogen-bond donors (Lipinski definition) is 2. The Kier molecular flexibility index (Phi) is 6.16. The van der Waals surface area contributed by atoms with Crippen molar-refractivity contribution in [3.05, 3.63) is 46.7 Å². The molecule has 2 N–H and O–H groups in total. The third kappa shape index (κ3) is 5.22. The minimum atomic E-state index is -0.253. The Morgan fingerprint density at radius 1 is 1.27 bits per heavy atom. The highest BCUT2D eigenvalue weighted by Crippen LogP contribution is 2.16. The number of urea groups is 1. The van der Waals surface area contributed by atoms with E-state index in [4.69, 9.17) is 11.6 Å². The van der Waals surface area contributed by atoms with Gasteiger partial charge in [0.15, 0.2) is 0 Å². The Balaban J connectivity index is 1.54. The molecule has 2 aromatic rings. The number of carbonyl (C=O) groups excluding carboxylic acids is 1. The van der Waals surface area contributed by atoms with Crippen LogP contribution in [0.2, 0.25) is 5.02 Å². The fourth-order valence-electron chi connectivity index (χ4n) is 3.23. The second-order valence-electron chi connectivity index (χ2n) is 7.15. The van der Waals surface area contributed by atoms with Gasteiger partial charge in [-0.3, -0.25) is 9.58 Å². The second-order valence-corrected chi connectivity index (χ2v) is 7.58. The number of benzene rings is 1. The van der Waals surface area contributed by atoms with Crippen molar-refractivity contribution in [2.45, 2.75) is 39.9 Å². The highest BCUT2D eigenvalue weighted by Gasteiger charge is 2.17. The Labute approximate surface area is 159 Å². The van der Waals surface area contributed by atoms with Gasteiger partial charge >= 0.3 is 6.03 Å². The number of aryl methyl sites for hydroxylation is 1. The molecule has 0 aliphatic carbocycles. The van der Waals surface area contributed by atoms with Crippen molar-refractivity contribution in [1.29, 1.82) is 0 Å². The molecule has 2 heterocycles. The fraction of sp³-hybridized carbons (Fsp3) is 0.474. The Bertz CT molecular complexity index is 741. The molecule has 140 valence electrons. The van der Waals surface area contributed by atoms with Gasteiger partial charge in [-0.1, -0.05) is 25.4 Å². The van der Waals surface area contributed by atoms with Crippen LogP contribution in [0, 0.1) is 5.92 Å². The number of nitrogens with one attached hydrogen (secondary N) is 2. The van der Waals surface area contributed by atoms with Gasteiger partial charge in [0.2, 0.25) is 0 Å². The van der Waals surface area contributed by atoms with Crippen molar-refractivity contribution < 1.29 is 4.79 Å². The van der Waals surface area contributed by atoms with E-state index in [2.05, 4.69) is 45.2 Å². The number of carbonyl (C=O) groups is 1. The molecule has 0 bridgehead atoms. The maximum atomic E-state index is 12.0. The summed E-state index contributed by atoms with van der Waals surface area (Å²) in [6.07, 6.45) is 1.10. The van der Waals surface area contributed by atoms with Gasteiger partial charge in [0, 0.05) is 36.9 Å². The maximum Gasteiger partial charge on any atom is 0.319 e. The van der Waals surface area contributed by atoms with Crippen LogP contribution in [0.4, 0.5) is 10.5 Å². The zero-order chi connectivity index (χ0) is 18.5. The fourth-order valence-corrected chi connectivity index (χ4v) is 3.35. The lowest BCUT2D eigenvalue weighted by Crippen LogP contribution is -2.28. The first-order chi connectivity index (χ1) is 12.5. The average molecular weight is 376 g/mol. The van der Waals surface area contributed by atoms with E-state index >= 15 is 0 Å². The molecule has 26 heavy (non-hydrogen) atoms. The number of amides is 2. The van der Waals surface area contributed by atoms with E-state index in [1.54, 1.807) is 24.3 Å². The number of halogens is 1. The minimum Gasteiger partial charge on any atom is -0.332 e. The molecule has 1 aliphatic rings. The average Bonchev–Trinajstić information content (AvgIpc) is 2.87. The first-order valence-electron chi connectivity index (χ1n) is 9.08. The van der Waals surface area contributed by atoms with Crippen LogP contribution < -0.4 is 10.6 Å². The number of nitrogens with zero attached hydrogens (tertiary/aromatic N) is 3. The van der Waals surface area contributed by atoms with Crippen molar-refractivity contribution in [2.75, 3.05) is 18.4 Å². The zero-order valence-corrected chi connectivity index (χ0v) is 16.1. The molecule has 6 nitrogen and oxygen atoms in total. The number of aromatic nitrogens is 2. The minimum absolute atomic E-state index is 0.253. The smallest absolute Gasteiger partial charge is 0.319 e. The second kappa shape index (κ2) is 8.56. The van der Waals surface area contributed by atoms with Crippen LogP contribution in [0.5, 0.6) is 0 Å². The Morgan fingerprint density at radius 2 is 2.04 bits per heavy atom. The zero-order valence-electron chi connectivity index (χ0n) is 15.3. The molecule has 0 saturated carbocycles. The summed E-state index contributed by atoms with van der Waals surface area (Å²) in [6, 6.07) is 8.87. The number of rotatable bonds is 5. The van der Waals surface area contributed by atoms with Crippen LogP contribution in [-0.4, -0.2) is 33.8 Å². The molecule has 2 amide bonds. The topological polar surface area (TPSA) is 62.2 Å². The quantitative estimate of drug-likeness (QED) is 0.837. The summed E-state index contributed by atoms with van der Waals surface area (Å²) < 4.78 is 2.08. The highest BCUT2D eigenvalue weighted by molar-refractivity contribution is 6.30. The number of fused-ring (bicyclic) bond motifs is 1. The molecule has 0 atom stereocenters. The molecule has 1 aromatic heterocycles. The lowest BCUT2D eigenvalue weighted by molar-refractivity contribution is 0.239. The predicted molar refractivity (Wildman–Crippen MR) is 104 cm³/mol. The molecular weight excluding hydrogens is 350 g/mol. The van der Waals surface area contributed by atoms with Crippen molar-refractivity contribution in [3.8, 4) is 0 Å². The van der Waals surface area contributed by atoms with Crippen molar-refractivity contribution >= 4 is 23.3 Å². The monoisotopic (exact) mass is 375 g/mol. The molecule has 1 aliphatic heterocycles. The summed E-state index contributed by atoms with van der Waals surface area (Å²) in [6.45, 7) is 8.96. The van der Waals surface area contributed by atoms with E-state index in [1.807, 2.05) is 0 Å². The predicted octanol–water partition coefficient (Wildman–Crippen LogP) is 3.72. The normalized spacial score (nSPS) is 14.8. The number of hydrogen-bond acceptors (Lipinski definition) is 3. The van der Waals surface area contributed by atoms with E-state index in [0.717, 1.165) is 38.3 Å². The van der Waals surface area contributed by atoms with Gasteiger partial charge in [0.25, 0.3) is 0 Å². The van der Waals surface area contributed by atoms with Crippen LogP contribution in [0.3, 0.4) is 0 Å². The summed E-state index contributed by atoms with van der Waals surface area (Å²) in [5.41, 5.74) is 2.81. The van der Waals surface area contributed by atoms with E-state index in [9.17, 15) is 4.79 Å². The largest absolute Gasteiger partial charge is 0.332 e. The van der Waals surface area contributed by atoms with Crippen LogP contribution >= 0.6 is 11.6 Å². The van der Waals surface area contributed by atoms with Crippen molar-refractivity contribution in [1.82, 2.24) is 20.0 Å². The standard InChI is InChI=1S/C19H26ClN5O/c1-14(2)12-24-8-3-9-25-18(13-24)10-17(23-25)11-21-19(26)22-16-6-4-15(20)5-7-16/h4-7,10,14H,3,8-9,11-13H2,1-2H3,(H2,21,22,26). The third-order valence-electron chi connectivity index (χ3n) is 4.30. The molecule has 1 aromatic carbocycles. The summed E-state index contributed by atoms with van der Waals surface area (Å²) in [5.74, 6) is 0.655. The molecule has 7 heteroatoms. The van der Waals surface area contributed by atoms with Gasteiger partial charge in [-0.15, -0.1) is 0 Å². The van der Waals surface area contributed by atoms with Crippen LogP contribution in [0.1, 0.15) is 31.7 Å².